The second-order valence-electron chi connectivity index (χ2n) is 6.53. The molecule has 33 heavy (non-hydrogen) atoms. The van der Waals surface area contributed by atoms with E-state index in [1.165, 1.54) is 28.3 Å². The van der Waals surface area contributed by atoms with Crippen molar-refractivity contribution in [2.45, 2.75) is 0 Å². The maximum atomic E-state index is 11.2. The molecule has 0 aliphatic heterocycles. The van der Waals surface area contributed by atoms with E-state index in [0.29, 0.717) is 31.8 Å². The van der Waals surface area contributed by atoms with E-state index >= 15 is 0 Å². The Morgan fingerprint density at radius 1 is 1.15 bits per heavy atom. The Morgan fingerprint density at radius 3 is 2.67 bits per heavy atom. The number of aromatic nitrogens is 2. The number of nitro groups is 1. The summed E-state index contributed by atoms with van der Waals surface area (Å²) in [5, 5.41) is 28.7. The van der Waals surface area contributed by atoms with Crippen LogP contribution in [0.15, 0.2) is 70.3 Å². The van der Waals surface area contributed by atoms with Gasteiger partial charge in [-0.25, -0.2) is 9.67 Å². The third-order valence-electron chi connectivity index (χ3n) is 4.36. The van der Waals surface area contributed by atoms with Gasteiger partial charge in [-0.3, -0.25) is 15.1 Å². The number of thiazole rings is 1. The second kappa shape index (κ2) is 9.72. The molecule has 0 atom stereocenters. The molecule has 166 valence electrons. The zero-order valence-electron chi connectivity index (χ0n) is 16.4. The maximum absolute atomic E-state index is 11.2. The van der Waals surface area contributed by atoms with Crippen LogP contribution in [0, 0.1) is 10.1 Å². The molecular weight excluding hydrogens is 509 g/mol. The van der Waals surface area contributed by atoms with Gasteiger partial charge in [-0.2, -0.15) is 5.10 Å². The summed E-state index contributed by atoms with van der Waals surface area (Å²) in [7, 11) is 0. The van der Waals surface area contributed by atoms with Crippen molar-refractivity contribution in [2.24, 2.45) is 10.1 Å². The molecule has 0 spiro atoms. The summed E-state index contributed by atoms with van der Waals surface area (Å²) >= 11 is 19.7. The Bertz CT molecular complexity index is 1450. The van der Waals surface area contributed by atoms with Gasteiger partial charge in [0.05, 0.1) is 33.7 Å². The van der Waals surface area contributed by atoms with Gasteiger partial charge in [-0.15, -0.1) is 11.3 Å². The Kier molecular flexibility index (Phi) is 6.75. The number of phenols is 1. The van der Waals surface area contributed by atoms with Crippen molar-refractivity contribution in [2.75, 3.05) is 0 Å². The summed E-state index contributed by atoms with van der Waals surface area (Å²) in [5.41, 5.74) is 1.37. The van der Waals surface area contributed by atoms with Gasteiger partial charge in [0.25, 0.3) is 0 Å². The van der Waals surface area contributed by atoms with Crippen LogP contribution in [-0.4, -0.2) is 25.9 Å². The Labute approximate surface area is 205 Å². The van der Waals surface area contributed by atoms with Crippen molar-refractivity contribution in [1.82, 2.24) is 9.66 Å². The number of nitrogens with zero attached hydrogens (tertiary/aromatic N) is 5. The summed E-state index contributed by atoms with van der Waals surface area (Å²) in [4.78, 5) is 19.6. The smallest absolute Gasteiger partial charge is 0.312 e. The third kappa shape index (κ3) is 5.07. The largest absolute Gasteiger partial charge is 0.502 e. The third-order valence-corrected chi connectivity index (χ3v) is 5.94. The molecule has 8 nitrogen and oxygen atoms in total. The first-order valence-corrected chi connectivity index (χ1v) is 11.2. The first-order valence-electron chi connectivity index (χ1n) is 9.15. The molecule has 0 aliphatic rings. The molecule has 0 saturated carbocycles. The molecular formula is C21H12Cl3N5O3S. The van der Waals surface area contributed by atoms with E-state index in [0.717, 1.165) is 6.07 Å². The predicted octanol–water partition coefficient (Wildman–Crippen LogP) is 6.30. The van der Waals surface area contributed by atoms with Crippen molar-refractivity contribution < 1.29 is 10.0 Å². The molecule has 2 heterocycles. The number of aromatic hydroxyl groups is 1. The standard InChI is InChI=1S/C21H12Cl3N5O3S/c22-13-3-4-16(17(24)7-13)19-11-33-21(27-15-2-1-5-25-10-15)28(19)26-9-12-6-14(23)8-18(20(12)30)29(31)32/h1-11,30H. The van der Waals surface area contributed by atoms with Crippen LogP contribution in [0.25, 0.3) is 11.3 Å². The van der Waals surface area contributed by atoms with Gasteiger partial charge in [-0.05, 0) is 36.4 Å². The molecule has 0 unspecified atom stereocenters. The summed E-state index contributed by atoms with van der Waals surface area (Å²) in [6, 6.07) is 11.0. The lowest BCUT2D eigenvalue weighted by Gasteiger charge is -2.07. The minimum Gasteiger partial charge on any atom is -0.502 e. The highest BCUT2D eigenvalue weighted by Gasteiger charge is 2.18. The highest BCUT2D eigenvalue weighted by molar-refractivity contribution is 7.07. The quantitative estimate of drug-likeness (QED) is 0.189. The molecule has 0 fully saturated rings. The van der Waals surface area contributed by atoms with Crippen LogP contribution in [0.2, 0.25) is 15.1 Å². The number of halogens is 3. The molecule has 0 bridgehead atoms. The first kappa shape index (κ1) is 22.9. The van der Waals surface area contributed by atoms with Crippen LogP contribution in [0.3, 0.4) is 0 Å². The van der Waals surface area contributed by atoms with Crippen LogP contribution in [0.1, 0.15) is 5.56 Å². The number of nitro benzene ring substituents is 1. The van der Waals surface area contributed by atoms with Crippen molar-refractivity contribution in [3.8, 4) is 17.0 Å². The average Bonchev–Trinajstić information content (AvgIpc) is 3.16. The Morgan fingerprint density at radius 2 is 1.97 bits per heavy atom. The highest BCUT2D eigenvalue weighted by atomic mass is 35.5. The number of benzene rings is 2. The van der Waals surface area contributed by atoms with E-state index in [2.05, 4.69) is 15.1 Å². The van der Waals surface area contributed by atoms with Gasteiger partial charge in [0, 0.05) is 38.8 Å². The average molecular weight is 521 g/mol. The fourth-order valence-corrected chi connectivity index (χ4v) is 4.44. The fraction of sp³-hybridized carbons (Fsp3) is 0. The lowest BCUT2D eigenvalue weighted by atomic mass is 10.2. The van der Waals surface area contributed by atoms with E-state index in [-0.39, 0.29) is 10.6 Å². The lowest BCUT2D eigenvalue weighted by Crippen LogP contribution is -2.11. The molecule has 0 radical (unpaired) electrons. The second-order valence-corrected chi connectivity index (χ2v) is 8.64. The van der Waals surface area contributed by atoms with Gasteiger partial charge < -0.3 is 5.11 Å². The van der Waals surface area contributed by atoms with Crippen LogP contribution >= 0.6 is 46.1 Å². The van der Waals surface area contributed by atoms with Gasteiger partial charge >= 0.3 is 5.69 Å². The van der Waals surface area contributed by atoms with Crippen molar-refractivity contribution >= 4 is 63.7 Å². The van der Waals surface area contributed by atoms with Gasteiger partial charge in [0.2, 0.25) is 10.6 Å². The monoisotopic (exact) mass is 519 g/mol. The van der Waals surface area contributed by atoms with Gasteiger partial charge in [0.1, 0.15) is 0 Å². The normalized spacial score (nSPS) is 11.9. The summed E-state index contributed by atoms with van der Waals surface area (Å²) in [6.45, 7) is 0. The molecule has 0 amide bonds. The first-order chi connectivity index (χ1) is 15.8. The van der Waals surface area contributed by atoms with E-state index in [9.17, 15) is 15.2 Å². The molecule has 0 aliphatic carbocycles. The molecule has 1 N–H and O–H groups in total. The molecule has 4 aromatic rings. The van der Waals surface area contributed by atoms with E-state index in [1.807, 2.05) is 5.38 Å². The maximum Gasteiger partial charge on any atom is 0.312 e. The zero-order valence-corrected chi connectivity index (χ0v) is 19.5. The van der Waals surface area contributed by atoms with Crippen LogP contribution in [0.5, 0.6) is 5.75 Å². The van der Waals surface area contributed by atoms with Crippen LogP contribution in [0.4, 0.5) is 11.4 Å². The zero-order chi connectivity index (χ0) is 23.5. The van der Waals surface area contributed by atoms with Crippen molar-refractivity contribution in [1.29, 1.82) is 0 Å². The minimum atomic E-state index is -0.724. The van der Waals surface area contributed by atoms with E-state index in [1.54, 1.807) is 42.7 Å². The highest BCUT2D eigenvalue weighted by Crippen LogP contribution is 2.33. The summed E-state index contributed by atoms with van der Waals surface area (Å²) in [6.07, 6.45) is 4.48. The van der Waals surface area contributed by atoms with Crippen molar-refractivity contribution in [3.05, 3.63) is 95.8 Å². The number of pyridine rings is 1. The SMILES string of the molecule is O=[N+]([O-])c1cc(Cl)cc(C=Nn2c(-c3ccc(Cl)cc3Cl)csc2=Nc2cccnc2)c1O. The van der Waals surface area contributed by atoms with E-state index < -0.39 is 16.4 Å². The number of phenolic OH excluding ortho intramolecular Hbond substituents is 1. The molecule has 2 aromatic heterocycles. The van der Waals surface area contributed by atoms with Crippen molar-refractivity contribution in [3.63, 3.8) is 0 Å². The van der Waals surface area contributed by atoms with Gasteiger partial charge in [0.15, 0.2) is 0 Å². The summed E-state index contributed by atoms with van der Waals surface area (Å²) in [5.74, 6) is -0.555. The van der Waals surface area contributed by atoms with Crippen LogP contribution < -0.4 is 4.80 Å². The number of rotatable bonds is 5. The van der Waals surface area contributed by atoms with Gasteiger partial charge in [-0.1, -0.05) is 34.8 Å². The Balaban J connectivity index is 1.90. The summed E-state index contributed by atoms with van der Waals surface area (Å²) < 4.78 is 1.50. The van der Waals surface area contributed by atoms with Crippen LogP contribution in [-0.2, 0) is 0 Å². The number of hydrogen-bond acceptors (Lipinski definition) is 7. The Hall–Kier alpha value is -3.24. The fourth-order valence-electron chi connectivity index (χ4n) is 2.86. The molecule has 12 heteroatoms. The molecule has 2 aromatic carbocycles. The predicted molar refractivity (Wildman–Crippen MR) is 130 cm³/mol. The minimum absolute atomic E-state index is 0.0633. The lowest BCUT2D eigenvalue weighted by molar-refractivity contribution is -0.385. The molecule has 4 rings (SSSR count). The number of hydrogen-bond donors (Lipinski definition) is 1. The topological polar surface area (TPSA) is 106 Å². The van der Waals surface area contributed by atoms with E-state index in [4.69, 9.17) is 34.8 Å². The molecule has 0 saturated heterocycles.